The SMILES string of the molecule is c1cc(-c2cnc3c(n2)oc2ccc4ccccc4c23)cc(-n2c3ccc4ccccc4c3c3c4ccccc4ccc32)c1.c1ccc(-c2cc3ccccc3c3c2oc2c(-c4cccc(-c5cccc(-c6cnc7c(n6)oc6ccc8ccccc8c67)c5)c4)cccc23)cc1.c1ccc2c(c1)ccc1oc3nc(-c4ccc(-n5c6ccc7ccccc7c6c6c7ccccc7ccc65)cc4)cnc3c12. The van der Waals surface area contributed by atoms with E-state index < -0.39 is 0 Å². The summed E-state index contributed by atoms with van der Waals surface area (Å²) in [6, 6.07) is 152. The largest absolute Gasteiger partial charge is 0.455 e. The fourth-order valence-corrected chi connectivity index (χ4v) is 22.0. The third-order valence-electron chi connectivity index (χ3n) is 28.4. The predicted octanol–water partition coefficient (Wildman–Crippen LogP) is 34.4. The van der Waals surface area contributed by atoms with Crippen LogP contribution >= 0.6 is 0 Å². The van der Waals surface area contributed by atoms with Crippen molar-refractivity contribution in [2.75, 3.05) is 0 Å². The van der Waals surface area contributed by atoms with E-state index >= 15 is 0 Å². The molecule has 12 nitrogen and oxygen atoms in total. The third-order valence-corrected chi connectivity index (χ3v) is 28.4. The second-order valence-electron chi connectivity index (χ2n) is 36.2. The Hall–Kier alpha value is -19.0. The Balaban J connectivity index is 0.000000101. The lowest BCUT2D eigenvalue weighted by Gasteiger charge is -2.10. The van der Waals surface area contributed by atoms with Crippen LogP contribution in [0.4, 0.5) is 0 Å². The van der Waals surface area contributed by atoms with E-state index in [4.69, 9.17) is 47.6 Å². The monoisotopic (exact) mass is 1790 g/mol. The second kappa shape index (κ2) is 31.3. The summed E-state index contributed by atoms with van der Waals surface area (Å²) in [5.41, 5.74) is 27.0. The zero-order chi connectivity index (χ0) is 91.7. The lowest BCUT2D eigenvalue weighted by molar-refractivity contribution is 0.653. The van der Waals surface area contributed by atoms with Crippen LogP contribution in [0.1, 0.15) is 0 Å². The van der Waals surface area contributed by atoms with Gasteiger partial charge in [0.2, 0.25) is 17.1 Å². The number of furan rings is 4. The lowest BCUT2D eigenvalue weighted by atomic mass is 9.94. The average Bonchev–Trinajstić information content (AvgIpc) is 1.56. The third kappa shape index (κ3) is 12.4. The number of hydrogen-bond acceptors (Lipinski definition) is 10. The maximum absolute atomic E-state index is 6.91. The van der Waals surface area contributed by atoms with Crippen molar-refractivity contribution in [1.82, 2.24) is 39.0 Å². The highest BCUT2D eigenvalue weighted by Gasteiger charge is 2.26. The van der Waals surface area contributed by atoms with Crippen LogP contribution in [0.25, 0.3) is 297 Å². The topological polar surface area (TPSA) is 140 Å². The summed E-state index contributed by atoms with van der Waals surface area (Å²) in [5, 5.41) is 29.7. The maximum Gasteiger partial charge on any atom is 0.246 e. The zero-order valence-electron chi connectivity index (χ0n) is 74.9. The van der Waals surface area contributed by atoms with Crippen molar-refractivity contribution in [1.29, 1.82) is 0 Å². The molecule has 12 heteroatoms. The molecule has 9 aromatic heterocycles. The van der Waals surface area contributed by atoms with Crippen LogP contribution in [0, 0.1) is 0 Å². The highest BCUT2D eigenvalue weighted by atomic mass is 16.4. The van der Waals surface area contributed by atoms with Gasteiger partial charge in [-0.1, -0.05) is 346 Å². The minimum Gasteiger partial charge on any atom is -0.455 e. The Morgan fingerprint density at radius 1 is 0.179 bits per heavy atom. The standard InChI is InChI=1S/C48H28N2O2.2C40H23N3O/c1-2-11-29(12-3-1)40-27-34-14-5-7-20-37(34)43-39-22-10-21-38(46(39)52-47(40)43)33-17-8-15-31(25-33)32-16-9-18-35(26-32)41-28-49-45-44-36-19-6-4-13-30(36)23-24-42(44)51-48(45)50-41;1-4-13-29-24(8-1)16-19-33-36(29)37-30-14-5-2-9-25(30)17-20-34(37)43(33)28-12-7-11-27(22-28)32-23-41-39-38-31-15-6-3-10-26(31)18-21-35(38)44-40(39)42-32;1-4-10-29-24(7-1)15-20-33-36(29)37-30-11-5-2-8-25(30)16-21-34(37)43(33)28-18-13-27(14-19-28)32-23-41-39-38-31-12-6-3-9-26(31)17-22-35(38)44-40(39)42-32/h1-28H;2*1-23H. The second-order valence-corrected chi connectivity index (χ2v) is 36.2. The van der Waals surface area contributed by atoms with Crippen LogP contribution in [-0.2, 0) is 0 Å². The normalized spacial score (nSPS) is 12.0. The highest BCUT2D eigenvalue weighted by Crippen LogP contribution is 2.49. The Morgan fingerprint density at radius 2 is 0.500 bits per heavy atom. The first-order chi connectivity index (χ1) is 69.4. The van der Waals surface area contributed by atoms with Crippen LogP contribution in [-0.4, -0.2) is 39.0 Å². The summed E-state index contributed by atoms with van der Waals surface area (Å²) in [7, 11) is 0. The van der Waals surface area contributed by atoms with Crippen molar-refractivity contribution < 1.29 is 17.7 Å². The number of nitrogens with zero attached hydrogens (tertiary/aromatic N) is 8. The van der Waals surface area contributed by atoms with Gasteiger partial charge in [-0.05, 0) is 193 Å². The Kier molecular flexibility index (Phi) is 17.5. The molecule has 0 atom stereocenters. The lowest BCUT2D eigenvalue weighted by Crippen LogP contribution is -1.95. The van der Waals surface area contributed by atoms with E-state index in [1.165, 1.54) is 97.5 Å². The predicted molar refractivity (Wildman–Crippen MR) is 577 cm³/mol. The van der Waals surface area contributed by atoms with Gasteiger partial charge in [0.15, 0.2) is 0 Å². The number of hydrogen-bond donors (Lipinski definition) is 0. The van der Waals surface area contributed by atoms with E-state index in [-0.39, 0.29) is 0 Å². The molecule has 0 saturated carbocycles. The molecule has 9 heterocycles. The van der Waals surface area contributed by atoms with Crippen LogP contribution in [0.15, 0.2) is 467 Å². The van der Waals surface area contributed by atoms with Gasteiger partial charge in [0, 0.05) is 71.5 Å². The quantitative estimate of drug-likeness (QED) is 0.144. The number of benzene rings is 22. The van der Waals surface area contributed by atoms with E-state index in [1.54, 1.807) is 0 Å². The molecular weight excluding hydrogens is 1710 g/mol. The zero-order valence-corrected chi connectivity index (χ0v) is 74.9. The molecule has 31 rings (SSSR count). The molecular formula is C128H74N8O4. The minimum absolute atomic E-state index is 0.540. The van der Waals surface area contributed by atoms with Crippen LogP contribution in [0.3, 0.4) is 0 Å². The van der Waals surface area contributed by atoms with Gasteiger partial charge in [-0.2, -0.15) is 0 Å². The molecule has 22 aromatic carbocycles. The van der Waals surface area contributed by atoms with Crippen molar-refractivity contribution in [3.05, 3.63) is 449 Å². The summed E-state index contributed by atoms with van der Waals surface area (Å²) >= 11 is 0. The number of rotatable bonds is 8. The summed E-state index contributed by atoms with van der Waals surface area (Å²) in [5.74, 6) is 0. The molecule has 31 aromatic rings. The smallest absolute Gasteiger partial charge is 0.246 e. The van der Waals surface area contributed by atoms with Gasteiger partial charge in [-0.3, -0.25) is 0 Å². The van der Waals surface area contributed by atoms with Gasteiger partial charge in [0.1, 0.15) is 44.5 Å². The van der Waals surface area contributed by atoms with Crippen LogP contribution < -0.4 is 0 Å². The van der Waals surface area contributed by atoms with Gasteiger partial charge in [0.05, 0.1) is 73.9 Å². The van der Waals surface area contributed by atoms with Crippen LogP contribution in [0.5, 0.6) is 0 Å². The highest BCUT2D eigenvalue weighted by molar-refractivity contribution is 6.31. The average molecular weight is 1790 g/mol. The van der Waals surface area contributed by atoms with Crippen molar-refractivity contribution in [3.63, 3.8) is 0 Å². The molecule has 650 valence electrons. The molecule has 0 spiro atoms. The first-order valence-corrected chi connectivity index (χ1v) is 47.1. The number of para-hydroxylation sites is 1. The fraction of sp³-hybridized carbons (Fsp3) is 0. The Morgan fingerprint density at radius 3 is 0.936 bits per heavy atom. The number of fused-ring (bicyclic) bond motifs is 34. The maximum atomic E-state index is 6.91. The van der Waals surface area contributed by atoms with E-state index in [9.17, 15) is 0 Å². The van der Waals surface area contributed by atoms with Gasteiger partial charge >= 0.3 is 0 Å². The molecule has 0 amide bonds. The van der Waals surface area contributed by atoms with Crippen molar-refractivity contribution in [2.45, 2.75) is 0 Å². The fourth-order valence-electron chi connectivity index (χ4n) is 22.0. The molecule has 0 aliphatic carbocycles. The van der Waals surface area contributed by atoms with Gasteiger partial charge < -0.3 is 26.8 Å². The Bertz CT molecular complexity index is 10500. The van der Waals surface area contributed by atoms with E-state index in [1.807, 2.05) is 67.1 Å². The number of aromatic nitrogens is 8. The molecule has 0 aliphatic rings. The summed E-state index contributed by atoms with van der Waals surface area (Å²) in [4.78, 5) is 29.5. The van der Waals surface area contributed by atoms with Crippen molar-refractivity contribution >= 4 is 218 Å². The van der Waals surface area contributed by atoms with E-state index in [0.717, 1.165) is 182 Å². The molecule has 0 radical (unpaired) electrons. The van der Waals surface area contributed by atoms with Crippen molar-refractivity contribution in [2.24, 2.45) is 0 Å². The molecule has 0 N–H and O–H groups in total. The first kappa shape index (κ1) is 78.4. The van der Waals surface area contributed by atoms with Crippen LogP contribution in [0.2, 0.25) is 0 Å². The van der Waals surface area contributed by atoms with Crippen molar-refractivity contribution in [3.8, 4) is 78.5 Å². The first-order valence-electron chi connectivity index (χ1n) is 47.1. The Labute approximate surface area is 797 Å². The summed E-state index contributed by atoms with van der Waals surface area (Å²) < 4.78 is 30.3. The van der Waals surface area contributed by atoms with E-state index in [0.29, 0.717) is 17.1 Å². The van der Waals surface area contributed by atoms with Gasteiger partial charge in [-0.25, -0.2) is 29.9 Å². The van der Waals surface area contributed by atoms with Gasteiger partial charge in [0.25, 0.3) is 0 Å². The molecule has 0 aliphatic heterocycles. The molecule has 0 bridgehead atoms. The summed E-state index contributed by atoms with van der Waals surface area (Å²) in [6.45, 7) is 0. The molecule has 0 unspecified atom stereocenters. The van der Waals surface area contributed by atoms with E-state index in [2.05, 4.69) is 391 Å². The van der Waals surface area contributed by atoms with Gasteiger partial charge in [-0.15, -0.1) is 0 Å². The molecule has 0 saturated heterocycles. The summed E-state index contributed by atoms with van der Waals surface area (Å²) in [6.07, 6.45) is 5.57. The molecule has 0 fully saturated rings. The minimum atomic E-state index is 0.540. The molecule has 140 heavy (non-hydrogen) atoms.